The van der Waals surface area contributed by atoms with Gasteiger partial charge in [0.1, 0.15) is 5.75 Å². The van der Waals surface area contributed by atoms with Crippen LogP contribution in [0.25, 0.3) is 10.8 Å². The number of nitrogens with one attached hydrogen (secondary N) is 1. The number of halogens is 1. The molecular weight excluding hydrogens is 334 g/mol. The van der Waals surface area contributed by atoms with E-state index in [0.29, 0.717) is 11.8 Å². The van der Waals surface area contributed by atoms with E-state index in [4.69, 9.17) is 0 Å². The Kier molecular flexibility index (Phi) is 3.87. The summed E-state index contributed by atoms with van der Waals surface area (Å²) in [6, 6.07) is 8.73. The van der Waals surface area contributed by atoms with Gasteiger partial charge in [0.2, 0.25) is 0 Å². The fourth-order valence-corrected chi connectivity index (χ4v) is 3.42. The van der Waals surface area contributed by atoms with Gasteiger partial charge in [-0.2, -0.15) is 0 Å². The fraction of sp³-hybridized carbons (Fsp3) is 0.312. The van der Waals surface area contributed by atoms with Crippen molar-refractivity contribution in [2.75, 3.05) is 0 Å². The minimum atomic E-state index is -0.500. The smallest absolute Gasteiger partial charge is 0.255 e. The minimum Gasteiger partial charge on any atom is -0.506 e. The number of aromatic hydroxyl groups is 1. The highest BCUT2D eigenvalue weighted by Gasteiger charge is 2.28. The average Bonchev–Trinajstić information content (AvgIpc) is 2.88. The Balaban J connectivity index is 1.96. The van der Waals surface area contributed by atoms with Crippen LogP contribution in [-0.4, -0.2) is 28.3 Å². The van der Waals surface area contributed by atoms with Gasteiger partial charge in [0.15, 0.2) is 0 Å². The Morgan fingerprint density at radius 1 is 1.24 bits per heavy atom. The van der Waals surface area contributed by atoms with Gasteiger partial charge in [0, 0.05) is 9.86 Å². The fourth-order valence-electron chi connectivity index (χ4n) is 2.84. The van der Waals surface area contributed by atoms with Gasteiger partial charge in [-0.3, -0.25) is 4.79 Å². The second kappa shape index (κ2) is 5.66. The van der Waals surface area contributed by atoms with Crippen molar-refractivity contribution in [1.29, 1.82) is 0 Å². The van der Waals surface area contributed by atoms with Crippen LogP contribution in [0.3, 0.4) is 0 Å². The summed E-state index contributed by atoms with van der Waals surface area (Å²) in [6.07, 6.45) is 1.88. The van der Waals surface area contributed by atoms with E-state index in [1.807, 2.05) is 18.2 Å². The number of aliphatic hydroxyl groups is 1. The van der Waals surface area contributed by atoms with Crippen molar-refractivity contribution >= 4 is 32.6 Å². The maximum absolute atomic E-state index is 12.4. The molecule has 0 spiro atoms. The quantitative estimate of drug-likeness (QED) is 0.780. The van der Waals surface area contributed by atoms with Gasteiger partial charge in [-0.05, 0) is 30.7 Å². The summed E-state index contributed by atoms with van der Waals surface area (Å²) in [5, 5.41) is 24.4. The van der Waals surface area contributed by atoms with Crippen molar-refractivity contribution in [2.45, 2.75) is 31.4 Å². The molecule has 0 heterocycles. The van der Waals surface area contributed by atoms with Crippen molar-refractivity contribution in [3.63, 3.8) is 0 Å². The Labute approximate surface area is 130 Å². The Hall–Kier alpha value is -1.59. The number of phenols is 1. The molecule has 1 fully saturated rings. The first kappa shape index (κ1) is 14.4. The summed E-state index contributed by atoms with van der Waals surface area (Å²) in [6.45, 7) is 0. The third-order valence-electron chi connectivity index (χ3n) is 4.01. The van der Waals surface area contributed by atoms with E-state index in [1.165, 1.54) is 0 Å². The topological polar surface area (TPSA) is 69.6 Å². The average molecular weight is 350 g/mol. The number of aliphatic hydroxyl groups excluding tert-OH is 1. The third-order valence-corrected chi connectivity index (χ3v) is 4.66. The second-order valence-corrected chi connectivity index (χ2v) is 6.23. The molecule has 1 aliphatic rings. The van der Waals surface area contributed by atoms with Crippen molar-refractivity contribution in [2.24, 2.45) is 0 Å². The van der Waals surface area contributed by atoms with E-state index >= 15 is 0 Å². The molecular formula is C16H16BrNO3. The highest BCUT2D eigenvalue weighted by Crippen LogP contribution is 2.34. The molecule has 2 atom stereocenters. The lowest BCUT2D eigenvalue weighted by Gasteiger charge is -2.17. The van der Waals surface area contributed by atoms with Crippen LogP contribution in [-0.2, 0) is 0 Å². The Morgan fingerprint density at radius 3 is 2.62 bits per heavy atom. The van der Waals surface area contributed by atoms with Gasteiger partial charge in [-0.15, -0.1) is 0 Å². The number of hydrogen-bond acceptors (Lipinski definition) is 3. The summed E-state index contributed by atoms with van der Waals surface area (Å²) < 4.78 is 0.757. The van der Waals surface area contributed by atoms with Crippen LogP contribution in [0.5, 0.6) is 5.75 Å². The van der Waals surface area contributed by atoms with Gasteiger partial charge >= 0.3 is 0 Å². The number of hydrogen-bond donors (Lipinski definition) is 3. The number of phenolic OH excluding ortho intramolecular Hbond substituents is 1. The molecule has 2 aromatic carbocycles. The van der Waals surface area contributed by atoms with Crippen LogP contribution >= 0.6 is 15.9 Å². The lowest BCUT2D eigenvalue weighted by molar-refractivity contribution is 0.0871. The number of benzene rings is 2. The SMILES string of the molecule is O=C(N[C@H]1CCC[C@@H]1O)c1cc(Br)c2ccccc2c1O. The molecule has 0 unspecified atom stereocenters. The van der Waals surface area contributed by atoms with Gasteiger partial charge in [0.25, 0.3) is 5.91 Å². The van der Waals surface area contributed by atoms with Crippen LogP contribution in [0.15, 0.2) is 34.8 Å². The first-order chi connectivity index (χ1) is 10.1. The molecule has 3 rings (SSSR count). The molecule has 1 aliphatic carbocycles. The zero-order valence-electron chi connectivity index (χ0n) is 11.3. The molecule has 21 heavy (non-hydrogen) atoms. The molecule has 5 heteroatoms. The second-order valence-electron chi connectivity index (χ2n) is 5.38. The molecule has 0 aliphatic heterocycles. The molecule has 4 nitrogen and oxygen atoms in total. The number of fused-ring (bicyclic) bond motifs is 1. The first-order valence-corrected chi connectivity index (χ1v) is 7.76. The molecule has 110 valence electrons. The Morgan fingerprint density at radius 2 is 1.95 bits per heavy atom. The molecule has 0 radical (unpaired) electrons. The van der Waals surface area contributed by atoms with Gasteiger partial charge in [-0.1, -0.05) is 40.2 Å². The number of carbonyl (C=O) groups is 1. The van der Waals surface area contributed by atoms with E-state index in [9.17, 15) is 15.0 Å². The van der Waals surface area contributed by atoms with Crippen molar-refractivity contribution < 1.29 is 15.0 Å². The maximum Gasteiger partial charge on any atom is 0.255 e. The van der Waals surface area contributed by atoms with Gasteiger partial charge in [-0.25, -0.2) is 0 Å². The largest absolute Gasteiger partial charge is 0.506 e. The highest BCUT2D eigenvalue weighted by atomic mass is 79.9. The predicted molar refractivity (Wildman–Crippen MR) is 84.4 cm³/mol. The lowest BCUT2D eigenvalue weighted by atomic mass is 10.0. The molecule has 0 bridgehead atoms. The summed E-state index contributed by atoms with van der Waals surface area (Å²) in [4.78, 5) is 12.4. The molecule has 2 aromatic rings. The van der Waals surface area contributed by atoms with Crippen LogP contribution in [0.4, 0.5) is 0 Å². The van der Waals surface area contributed by atoms with E-state index in [1.54, 1.807) is 12.1 Å². The van der Waals surface area contributed by atoms with E-state index in [2.05, 4.69) is 21.2 Å². The summed E-state index contributed by atoms with van der Waals surface area (Å²) in [5.41, 5.74) is 0.222. The van der Waals surface area contributed by atoms with E-state index < -0.39 is 6.10 Å². The number of rotatable bonds is 2. The molecule has 3 N–H and O–H groups in total. The summed E-state index contributed by atoms with van der Waals surface area (Å²) in [7, 11) is 0. The number of amides is 1. The van der Waals surface area contributed by atoms with Crippen LogP contribution in [0.2, 0.25) is 0 Å². The lowest BCUT2D eigenvalue weighted by Crippen LogP contribution is -2.39. The minimum absolute atomic E-state index is 0.0289. The standard InChI is InChI=1S/C16H16BrNO3/c17-12-8-11(15(20)10-5-2-1-4-9(10)12)16(21)18-13-6-3-7-14(13)19/h1-2,4-5,8,13-14,19-20H,3,6-7H2,(H,18,21)/t13-,14-/m0/s1. The zero-order chi connectivity index (χ0) is 15.0. The van der Waals surface area contributed by atoms with Crippen LogP contribution in [0.1, 0.15) is 29.6 Å². The van der Waals surface area contributed by atoms with E-state index in [-0.39, 0.29) is 23.3 Å². The molecule has 1 amide bonds. The Bertz CT molecular complexity index is 701. The highest BCUT2D eigenvalue weighted by molar-refractivity contribution is 9.10. The molecule has 0 saturated heterocycles. The van der Waals surface area contributed by atoms with Crippen LogP contribution < -0.4 is 5.32 Å². The third kappa shape index (κ3) is 2.63. The summed E-state index contributed by atoms with van der Waals surface area (Å²) in [5.74, 6) is -0.385. The predicted octanol–water partition coefficient (Wildman–Crippen LogP) is 2.95. The number of carbonyl (C=O) groups excluding carboxylic acids is 1. The summed E-state index contributed by atoms with van der Waals surface area (Å²) >= 11 is 3.43. The van der Waals surface area contributed by atoms with Crippen LogP contribution in [0, 0.1) is 0 Å². The van der Waals surface area contributed by atoms with Crippen molar-refractivity contribution in [3.05, 3.63) is 40.4 Å². The van der Waals surface area contributed by atoms with Crippen molar-refractivity contribution in [3.8, 4) is 5.75 Å². The van der Waals surface area contributed by atoms with Crippen molar-refractivity contribution in [1.82, 2.24) is 5.32 Å². The first-order valence-electron chi connectivity index (χ1n) is 6.97. The zero-order valence-corrected chi connectivity index (χ0v) is 12.9. The molecule has 0 aromatic heterocycles. The normalized spacial score (nSPS) is 21.6. The molecule has 1 saturated carbocycles. The monoisotopic (exact) mass is 349 g/mol. The maximum atomic E-state index is 12.4. The van der Waals surface area contributed by atoms with E-state index in [0.717, 1.165) is 22.7 Å². The van der Waals surface area contributed by atoms with Gasteiger partial charge < -0.3 is 15.5 Å². The van der Waals surface area contributed by atoms with Gasteiger partial charge in [0.05, 0.1) is 17.7 Å².